The molecular formula is C15H20N4O. The Hall–Kier alpha value is -2.01. The SMILES string of the molecule is CC1=CC(=O)NC(N2CCN(c3ccccc3)CC2)N1. The number of carbonyl (C=O) groups is 1. The molecule has 3 rings (SSSR count). The van der Waals surface area contributed by atoms with Crippen molar-refractivity contribution in [3.8, 4) is 0 Å². The molecule has 1 atom stereocenters. The van der Waals surface area contributed by atoms with E-state index < -0.39 is 0 Å². The van der Waals surface area contributed by atoms with Crippen molar-refractivity contribution in [2.24, 2.45) is 0 Å². The lowest BCUT2D eigenvalue weighted by atomic mass is 10.2. The van der Waals surface area contributed by atoms with Gasteiger partial charge in [0.05, 0.1) is 0 Å². The summed E-state index contributed by atoms with van der Waals surface area (Å²) in [4.78, 5) is 16.2. The van der Waals surface area contributed by atoms with Crippen molar-refractivity contribution in [1.82, 2.24) is 15.5 Å². The van der Waals surface area contributed by atoms with Gasteiger partial charge in [-0.3, -0.25) is 9.69 Å². The van der Waals surface area contributed by atoms with Crippen molar-refractivity contribution in [1.29, 1.82) is 0 Å². The average Bonchev–Trinajstić information content (AvgIpc) is 2.47. The largest absolute Gasteiger partial charge is 0.369 e. The molecule has 0 spiro atoms. The first kappa shape index (κ1) is 13.0. The number of benzene rings is 1. The third kappa shape index (κ3) is 2.77. The fourth-order valence-electron chi connectivity index (χ4n) is 2.73. The van der Waals surface area contributed by atoms with Crippen molar-refractivity contribution in [2.75, 3.05) is 31.1 Å². The third-order valence-electron chi connectivity index (χ3n) is 3.79. The Balaban J connectivity index is 1.59. The van der Waals surface area contributed by atoms with Gasteiger partial charge in [0.25, 0.3) is 0 Å². The second-order valence-corrected chi connectivity index (χ2v) is 5.24. The Kier molecular flexibility index (Phi) is 3.60. The van der Waals surface area contributed by atoms with Crippen molar-refractivity contribution in [3.63, 3.8) is 0 Å². The quantitative estimate of drug-likeness (QED) is 0.833. The van der Waals surface area contributed by atoms with Crippen molar-refractivity contribution >= 4 is 11.6 Å². The summed E-state index contributed by atoms with van der Waals surface area (Å²) in [5.41, 5.74) is 2.19. The van der Waals surface area contributed by atoms with Crippen LogP contribution in [0, 0.1) is 0 Å². The van der Waals surface area contributed by atoms with E-state index in [0.29, 0.717) is 0 Å². The number of carbonyl (C=O) groups excluding carboxylic acids is 1. The van der Waals surface area contributed by atoms with Gasteiger partial charge in [0.15, 0.2) is 6.29 Å². The Labute approximate surface area is 119 Å². The molecule has 0 bridgehead atoms. The minimum absolute atomic E-state index is 0.0169. The van der Waals surface area contributed by atoms with Crippen LogP contribution in [-0.4, -0.2) is 43.3 Å². The monoisotopic (exact) mass is 272 g/mol. The van der Waals surface area contributed by atoms with Gasteiger partial charge in [-0.05, 0) is 19.1 Å². The van der Waals surface area contributed by atoms with Crippen LogP contribution < -0.4 is 15.5 Å². The Morgan fingerprint density at radius 1 is 1.05 bits per heavy atom. The zero-order valence-electron chi connectivity index (χ0n) is 11.7. The highest BCUT2D eigenvalue weighted by Gasteiger charge is 2.26. The summed E-state index contributed by atoms with van der Waals surface area (Å²) in [6, 6.07) is 10.5. The van der Waals surface area contributed by atoms with Crippen LogP contribution in [0.15, 0.2) is 42.1 Å². The molecule has 0 radical (unpaired) electrons. The molecule has 5 nitrogen and oxygen atoms in total. The van der Waals surface area contributed by atoms with Gasteiger partial charge in [0.2, 0.25) is 5.91 Å². The number of hydrogen-bond acceptors (Lipinski definition) is 4. The van der Waals surface area contributed by atoms with Gasteiger partial charge in [-0.1, -0.05) is 18.2 Å². The molecule has 1 aromatic rings. The maximum Gasteiger partial charge on any atom is 0.248 e. The molecule has 1 saturated heterocycles. The van der Waals surface area contributed by atoms with Gasteiger partial charge in [-0.25, -0.2) is 0 Å². The summed E-state index contributed by atoms with van der Waals surface area (Å²) in [5.74, 6) is -0.0169. The summed E-state index contributed by atoms with van der Waals surface area (Å²) in [7, 11) is 0. The lowest BCUT2D eigenvalue weighted by molar-refractivity contribution is -0.119. The number of allylic oxidation sites excluding steroid dienone is 1. The fourth-order valence-corrected chi connectivity index (χ4v) is 2.73. The van der Waals surface area contributed by atoms with Gasteiger partial charge in [0, 0.05) is 43.6 Å². The van der Waals surface area contributed by atoms with E-state index in [0.717, 1.165) is 31.9 Å². The lowest BCUT2D eigenvalue weighted by Gasteiger charge is -2.41. The van der Waals surface area contributed by atoms with Gasteiger partial charge in [0.1, 0.15) is 0 Å². The predicted molar refractivity (Wildman–Crippen MR) is 79.1 cm³/mol. The van der Waals surface area contributed by atoms with Crippen molar-refractivity contribution in [3.05, 3.63) is 42.1 Å². The summed E-state index contributed by atoms with van der Waals surface area (Å²) < 4.78 is 0. The van der Waals surface area contributed by atoms with E-state index in [1.807, 2.05) is 13.0 Å². The van der Waals surface area contributed by atoms with E-state index in [-0.39, 0.29) is 12.2 Å². The molecule has 20 heavy (non-hydrogen) atoms. The number of hydrogen-bond donors (Lipinski definition) is 2. The second kappa shape index (κ2) is 5.54. The van der Waals surface area contributed by atoms with Crippen LogP contribution in [0.5, 0.6) is 0 Å². The number of amides is 1. The third-order valence-corrected chi connectivity index (χ3v) is 3.79. The topological polar surface area (TPSA) is 47.6 Å². The summed E-state index contributed by atoms with van der Waals surface area (Å²) in [6.45, 7) is 5.73. The van der Waals surface area contributed by atoms with Crippen molar-refractivity contribution in [2.45, 2.75) is 13.2 Å². The first-order valence-electron chi connectivity index (χ1n) is 7.02. The normalized spacial score (nSPS) is 23.9. The molecule has 1 fully saturated rings. The number of piperazine rings is 1. The van der Waals surface area contributed by atoms with E-state index in [2.05, 4.69) is 44.7 Å². The molecule has 0 saturated carbocycles. The first-order valence-corrected chi connectivity index (χ1v) is 7.02. The molecule has 0 aromatic heterocycles. The molecule has 2 aliphatic heterocycles. The fraction of sp³-hybridized carbons (Fsp3) is 0.400. The van der Waals surface area contributed by atoms with E-state index >= 15 is 0 Å². The number of nitrogens with zero attached hydrogens (tertiary/aromatic N) is 2. The second-order valence-electron chi connectivity index (χ2n) is 5.24. The molecule has 2 heterocycles. The van der Waals surface area contributed by atoms with Gasteiger partial charge >= 0.3 is 0 Å². The van der Waals surface area contributed by atoms with E-state index in [1.165, 1.54) is 5.69 Å². The van der Waals surface area contributed by atoms with Gasteiger partial charge in [-0.15, -0.1) is 0 Å². The maximum absolute atomic E-state index is 11.5. The van der Waals surface area contributed by atoms with Crippen LogP contribution in [0.2, 0.25) is 0 Å². The van der Waals surface area contributed by atoms with Crippen LogP contribution >= 0.6 is 0 Å². The zero-order valence-corrected chi connectivity index (χ0v) is 11.7. The van der Waals surface area contributed by atoms with Gasteiger partial charge < -0.3 is 15.5 Å². The highest BCUT2D eigenvalue weighted by Crippen LogP contribution is 2.16. The highest BCUT2D eigenvalue weighted by molar-refractivity contribution is 5.89. The van der Waals surface area contributed by atoms with Gasteiger partial charge in [-0.2, -0.15) is 0 Å². The Morgan fingerprint density at radius 3 is 2.40 bits per heavy atom. The molecular weight excluding hydrogens is 252 g/mol. The molecule has 2 N–H and O–H groups in total. The summed E-state index contributed by atoms with van der Waals surface area (Å²) in [6.07, 6.45) is 1.52. The minimum Gasteiger partial charge on any atom is -0.369 e. The summed E-state index contributed by atoms with van der Waals surface area (Å²) in [5, 5.41) is 6.26. The summed E-state index contributed by atoms with van der Waals surface area (Å²) >= 11 is 0. The molecule has 0 aliphatic carbocycles. The Morgan fingerprint density at radius 2 is 1.75 bits per heavy atom. The lowest BCUT2D eigenvalue weighted by Crippen LogP contribution is -2.62. The highest BCUT2D eigenvalue weighted by atomic mass is 16.2. The van der Waals surface area contributed by atoms with E-state index in [1.54, 1.807) is 6.08 Å². The van der Waals surface area contributed by atoms with Crippen LogP contribution in [0.4, 0.5) is 5.69 Å². The maximum atomic E-state index is 11.5. The number of anilines is 1. The molecule has 5 heteroatoms. The Bertz CT molecular complexity index is 506. The number of para-hydroxylation sites is 1. The van der Waals surface area contributed by atoms with Crippen LogP contribution in [0.25, 0.3) is 0 Å². The van der Waals surface area contributed by atoms with Crippen LogP contribution in [-0.2, 0) is 4.79 Å². The van der Waals surface area contributed by atoms with E-state index in [9.17, 15) is 4.79 Å². The molecule has 2 aliphatic rings. The molecule has 106 valence electrons. The number of nitrogens with one attached hydrogen (secondary N) is 2. The molecule has 1 aromatic carbocycles. The zero-order chi connectivity index (χ0) is 13.9. The van der Waals surface area contributed by atoms with Crippen LogP contribution in [0.3, 0.4) is 0 Å². The first-order chi connectivity index (χ1) is 9.72. The minimum atomic E-state index is -0.0783. The average molecular weight is 272 g/mol. The molecule has 1 unspecified atom stereocenters. The standard InChI is InChI=1S/C15H20N4O/c1-12-11-14(20)17-15(16-12)19-9-7-18(8-10-19)13-5-3-2-4-6-13/h2-6,11,15-16H,7-10H2,1H3,(H,17,20). The van der Waals surface area contributed by atoms with E-state index in [4.69, 9.17) is 0 Å². The predicted octanol–water partition coefficient (Wildman–Crippen LogP) is 0.715. The number of rotatable bonds is 2. The van der Waals surface area contributed by atoms with Crippen LogP contribution in [0.1, 0.15) is 6.92 Å². The smallest absolute Gasteiger partial charge is 0.248 e. The van der Waals surface area contributed by atoms with Crippen molar-refractivity contribution < 1.29 is 4.79 Å². The molecule has 1 amide bonds.